The molecule has 1 aliphatic carbocycles. The average molecular weight is 373 g/mol. The number of amides is 1. The summed E-state index contributed by atoms with van der Waals surface area (Å²) < 4.78 is 11.5. The van der Waals surface area contributed by atoms with Gasteiger partial charge in [0.15, 0.2) is 0 Å². The van der Waals surface area contributed by atoms with Crippen LogP contribution in [0.1, 0.15) is 50.0 Å². The average Bonchev–Trinajstić information content (AvgIpc) is 2.66. The number of hydrogen-bond donors (Lipinski definition) is 1. The first kappa shape index (κ1) is 18.9. The van der Waals surface area contributed by atoms with E-state index in [9.17, 15) is 4.79 Å². The Morgan fingerprint density at radius 3 is 2.52 bits per heavy atom. The van der Waals surface area contributed by atoms with Gasteiger partial charge in [-0.25, -0.2) is 0 Å². The predicted molar refractivity (Wildman–Crippen MR) is 104 cm³/mol. The molecule has 0 radical (unpaired) electrons. The molecule has 0 bridgehead atoms. The van der Waals surface area contributed by atoms with Crippen molar-refractivity contribution in [3.63, 3.8) is 0 Å². The van der Waals surface area contributed by atoms with Crippen LogP contribution in [0.4, 0.5) is 0 Å². The molecule has 1 amide bonds. The maximum Gasteiger partial charge on any atom is 0.230 e. The molecule has 2 atom stereocenters. The molecule has 3 aliphatic rings. The molecule has 1 aromatic rings. The lowest BCUT2D eigenvalue weighted by Crippen LogP contribution is -2.59. The van der Waals surface area contributed by atoms with Crippen molar-refractivity contribution in [1.82, 2.24) is 4.90 Å². The summed E-state index contributed by atoms with van der Waals surface area (Å²) in [5.41, 5.74) is 7.82. The third-order valence-corrected chi connectivity index (χ3v) is 6.55. The zero-order valence-corrected chi connectivity index (χ0v) is 16.1. The molecule has 2 N–H and O–H groups in total. The van der Waals surface area contributed by atoms with Gasteiger partial charge in [0.05, 0.1) is 37.9 Å². The molecule has 5 nitrogen and oxygen atoms in total. The Hall–Kier alpha value is -1.43. The topological polar surface area (TPSA) is 64.8 Å². The van der Waals surface area contributed by atoms with Gasteiger partial charge >= 0.3 is 0 Å². The second kappa shape index (κ2) is 8.72. The van der Waals surface area contributed by atoms with E-state index in [2.05, 4.69) is 30.3 Å². The van der Waals surface area contributed by atoms with Crippen molar-refractivity contribution >= 4 is 5.91 Å². The van der Waals surface area contributed by atoms with Crippen molar-refractivity contribution in [2.24, 2.45) is 11.7 Å². The van der Waals surface area contributed by atoms with Crippen LogP contribution in [0.15, 0.2) is 30.3 Å². The van der Waals surface area contributed by atoms with Crippen LogP contribution < -0.4 is 5.73 Å². The fourth-order valence-corrected chi connectivity index (χ4v) is 4.71. The number of hydrogen-bond acceptors (Lipinski definition) is 4. The van der Waals surface area contributed by atoms with Crippen molar-refractivity contribution in [3.8, 4) is 0 Å². The molecule has 2 aliphatic heterocycles. The standard InChI is InChI=1S/C22H32N2O3/c23-20-7-4-12-24(22(25)18-13-26-14-18)21(20)15-27-19-10-8-17(9-11-19)16-5-2-1-3-6-16/h1-3,5-6,17-21H,4,7-15,23H2/t17?,19?,20-,21-/m0/s1. The number of carbonyl (C=O) groups excluding carboxylic acids is 1. The quantitative estimate of drug-likeness (QED) is 0.863. The molecule has 0 spiro atoms. The van der Waals surface area contributed by atoms with E-state index in [1.165, 1.54) is 18.4 Å². The van der Waals surface area contributed by atoms with Crippen LogP contribution in [0.25, 0.3) is 0 Å². The molecular weight excluding hydrogens is 340 g/mol. The molecule has 0 aromatic heterocycles. The fourth-order valence-electron chi connectivity index (χ4n) is 4.71. The van der Waals surface area contributed by atoms with Crippen LogP contribution in [-0.2, 0) is 14.3 Å². The number of carbonyl (C=O) groups is 1. The zero-order valence-electron chi connectivity index (χ0n) is 16.1. The van der Waals surface area contributed by atoms with E-state index in [0.29, 0.717) is 31.8 Å². The lowest BCUT2D eigenvalue weighted by atomic mass is 9.83. The van der Waals surface area contributed by atoms with Crippen LogP contribution >= 0.6 is 0 Å². The highest BCUT2D eigenvalue weighted by Crippen LogP contribution is 2.34. The smallest absolute Gasteiger partial charge is 0.230 e. The highest BCUT2D eigenvalue weighted by molar-refractivity contribution is 5.80. The Balaban J connectivity index is 1.28. The second-order valence-electron chi connectivity index (χ2n) is 8.36. The number of piperidine rings is 1. The number of ether oxygens (including phenoxy) is 2. The molecule has 2 saturated heterocycles. The Morgan fingerprint density at radius 2 is 1.85 bits per heavy atom. The zero-order chi connectivity index (χ0) is 18.6. The number of benzene rings is 1. The van der Waals surface area contributed by atoms with Crippen molar-refractivity contribution in [2.45, 2.75) is 62.6 Å². The number of likely N-dealkylation sites (tertiary alicyclic amines) is 1. The van der Waals surface area contributed by atoms with Gasteiger partial charge in [-0.05, 0) is 50.0 Å². The highest BCUT2D eigenvalue weighted by atomic mass is 16.5. The van der Waals surface area contributed by atoms with Gasteiger partial charge in [0.1, 0.15) is 0 Å². The van der Waals surface area contributed by atoms with Gasteiger partial charge in [-0.1, -0.05) is 30.3 Å². The van der Waals surface area contributed by atoms with E-state index in [1.54, 1.807) is 0 Å². The van der Waals surface area contributed by atoms with E-state index in [1.807, 2.05) is 4.90 Å². The Morgan fingerprint density at radius 1 is 1.11 bits per heavy atom. The third kappa shape index (κ3) is 4.36. The van der Waals surface area contributed by atoms with Crippen LogP contribution in [0, 0.1) is 5.92 Å². The van der Waals surface area contributed by atoms with E-state index < -0.39 is 0 Å². The monoisotopic (exact) mass is 372 g/mol. The SMILES string of the molecule is N[C@H]1CCCN(C(=O)C2COC2)[C@H]1COC1CCC(c2ccccc2)CC1. The van der Waals surface area contributed by atoms with Gasteiger partial charge in [0.25, 0.3) is 0 Å². The van der Waals surface area contributed by atoms with Gasteiger partial charge in [-0.15, -0.1) is 0 Å². The molecule has 148 valence electrons. The lowest BCUT2D eigenvalue weighted by Gasteiger charge is -2.43. The molecule has 4 rings (SSSR count). The highest BCUT2D eigenvalue weighted by Gasteiger charge is 2.38. The van der Waals surface area contributed by atoms with E-state index in [4.69, 9.17) is 15.2 Å². The number of rotatable bonds is 5. The minimum absolute atomic E-state index is 0.0127. The van der Waals surface area contributed by atoms with E-state index >= 15 is 0 Å². The normalized spacial score (nSPS) is 32.1. The maximum absolute atomic E-state index is 12.7. The second-order valence-corrected chi connectivity index (χ2v) is 8.36. The van der Waals surface area contributed by atoms with Crippen molar-refractivity contribution in [2.75, 3.05) is 26.4 Å². The first-order chi connectivity index (χ1) is 13.2. The Kier molecular flexibility index (Phi) is 6.11. The summed E-state index contributed by atoms with van der Waals surface area (Å²) in [7, 11) is 0. The van der Waals surface area contributed by atoms with Gasteiger partial charge in [0.2, 0.25) is 5.91 Å². The fraction of sp³-hybridized carbons (Fsp3) is 0.682. The largest absolute Gasteiger partial charge is 0.380 e. The van der Waals surface area contributed by atoms with Crippen LogP contribution in [0.5, 0.6) is 0 Å². The van der Waals surface area contributed by atoms with Crippen molar-refractivity contribution in [1.29, 1.82) is 0 Å². The Labute approximate surface area is 162 Å². The van der Waals surface area contributed by atoms with E-state index in [-0.39, 0.29) is 23.9 Å². The van der Waals surface area contributed by atoms with Gasteiger partial charge in [-0.2, -0.15) is 0 Å². The van der Waals surface area contributed by atoms with Gasteiger partial charge < -0.3 is 20.1 Å². The predicted octanol–water partition coefficient (Wildman–Crippen LogP) is 2.69. The molecule has 27 heavy (non-hydrogen) atoms. The summed E-state index contributed by atoms with van der Waals surface area (Å²) >= 11 is 0. The number of nitrogens with two attached hydrogens (primary N) is 1. The maximum atomic E-state index is 12.7. The Bertz CT molecular complexity index is 611. The first-order valence-electron chi connectivity index (χ1n) is 10.5. The lowest BCUT2D eigenvalue weighted by molar-refractivity contribution is -0.156. The molecule has 5 heteroatoms. The molecule has 0 unspecified atom stereocenters. The molecule has 1 saturated carbocycles. The molecular formula is C22H32N2O3. The minimum Gasteiger partial charge on any atom is -0.380 e. The molecule has 3 fully saturated rings. The first-order valence-corrected chi connectivity index (χ1v) is 10.5. The van der Waals surface area contributed by atoms with Crippen molar-refractivity contribution in [3.05, 3.63) is 35.9 Å². The van der Waals surface area contributed by atoms with Gasteiger partial charge in [-0.3, -0.25) is 4.79 Å². The minimum atomic E-state index is 0.0127. The number of nitrogens with zero attached hydrogens (tertiary/aromatic N) is 1. The van der Waals surface area contributed by atoms with Crippen LogP contribution in [-0.4, -0.2) is 55.4 Å². The van der Waals surface area contributed by atoms with E-state index in [0.717, 1.165) is 32.2 Å². The summed E-state index contributed by atoms with van der Waals surface area (Å²) in [4.78, 5) is 14.7. The third-order valence-electron chi connectivity index (χ3n) is 6.55. The van der Waals surface area contributed by atoms with Crippen LogP contribution in [0.3, 0.4) is 0 Å². The van der Waals surface area contributed by atoms with Gasteiger partial charge in [0, 0.05) is 12.6 Å². The van der Waals surface area contributed by atoms with Crippen molar-refractivity contribution < 1.29 is 14.3 Å². The molecule has 1 aromatic carbocycles. The summed E-state index contributed by atoms with van der Waals surface area (Å²) in [5, 5.41) is 0. The molecule has 2 heterocycles. The van der Waals surface area contributed by atoms with Crippen LogP contribution in [0.2, 0.25) is 0 Å². The summed E-state index contributed by atoms with van der Waals surface area (Å²) in [6.07, 6.45) is 6.78. The summed E-state index contributed by atoms with van der Waals surface area (Å²) in [6.45, 7) is 2.49. The summed E-state index contributed by atoms with van der Waals surface area (Å²) in [5.74, 6) is 0.886. The summed E-state index contributed by atoms with van der Waals surface area (Å²) in [6, 6.07) is 10.8.